The molecule has 0 saturated heterocycles. The molecule has 10 heteroatoms. The highest BCUT2D eigenvalue weighted by molar-refractivity contribution is 6.32. The highest BCUT2D eigenvalue weighted by atomic mass is 16.5. The normalized spacial score (nSPS) is 15.2. The van der Waals surface area contributed by atoms with Crippen LogP contribution in [0.1, 0.15) is 42.7 Å². The number of nitrogens with one attached hydrogen (secondary N) is 1. The molecule has 0 fully saturated rings. The zero-order valence-corrected chi connectivity index (χ0v) is 20.1. The molecule has 0 bridgehead atoms. The van der Waals surface area contributed by atoms with Crippen molar-refractivity contribution in [2.45, 2.75) is 26.8 Å². The van der Waals surface area contributed by atoms with E-state index in [1.54, 1.807) is 48.9 Å². The standard InChI is InChI=1S/C26H24N4O6/c1-14-21(24(32)30(28-14)20-8-5-17(6-9-20)25(33)34)11-18-13-29(15(2)26(35)36-4)23-10-7-19(12-22(18)23)27-16(3)31/h5-13,15H,1-4H3,(H,27,31)(H,33,34)/b21-11-. The van der Waals surface area contributed by atoms with Gasteiger partial charge >= 0.3 is 11.9 Å². The number of ether oxygens (including phenoxy) is 1. The lowest BCUT2D eigenvalue weighted by atomic mass is 10.1. The van der Waals surface area contributed by atoms with Gasteiger partial charge in [-0.25, -0.2) is 9.59 Å². The number of hydrazone groups is 1. The maximum Gasteiger partial charge on any atom is 0.335 e. The minimum atomic E-state index is -1.06. The van der Waals surface area contributed by atoms with E-state index in [2.05, 4.69) is 10.4 Å². The van der Waals surface area contributed by atoms with Crippen LogP contribution in [0.25, 0.3) is 17.0 Å². The Balaban J connectivity index is 1.78. The summed E-state index contributed by atoms with van der Waals surface area (Å²) >= 11 is 0. The molecule has 1 aliphatic heterocycles. The molecule has 1 aliphatic rings. The highest BCUT2D eigenvalue weighted by Gasteiger charge is 2.29. The number of carboxylic acid groups (broad SMARTS) is 1. The molecule has 2 amide bonds. The van der Waals surface area contributed by atoms with E-state index < -0.39 is 18.0 Å². The summed E-state index contributed by atoms with van der Waals surface area (Å²) in [6.07, 6.45) is 3.44. The number of rotatable bonds is 6. The van der Waals surface area contributed by atoms with E-state index in [0.29, 0.717) is 28.2 Å². The summed E-state index contributed by atoms with van der Waals surface area (Å²) in [6.45, 7) is 4.82. The highest BCUT2D eigenvalue weighted by Crippen LogP contribution is 2.32. The number of fused-ring (bicyclic) bond motifs is 1. The van der Waals surface area contributed by atoms with Crippen molar-refractivity contribution in [1.82, 2.24) is 4.57 Å². The van der Waals surface area contributed by atoms with Crippen molar-refractivity contribution in [1.29, 1.82) is 0 Å². The molecule has 4 rings (SSSR count). The first-order chi connectivity index (χ1) is 17.1. The van der Waals surface area contributed by atoms with Crippen LogP contribution in [0.2, 0.25) is 0 Å². The van der Waals surface area contributed by atoms with Gasteiger partial charge in [0.05, 0.1) is 29.6 Å². The molecule has 184 valence electrons. The fraction of sp³-hybridized carbons (Fsp3) is 0.192. The lowest BCUT2D eigenvalue weighted by molar-refractivity contribution is -0.143. The number of methoxy groups -OCH3 is 1. The zero-order chi connectivity index (χ0) is 26.1. The Morgan fingerprint density at radius 2 is 1.83 bits per heavy atom. The van der Waals surface area contributed by atoms with Gasteiger partial charge in [0.1, 0.15) is 6.04 Å². The molecule has 10 nitrogen and oxygen atoms in total. The van der Waals surface area contributed by atoms with Crippen molar-refractivity contribution in [2.24, 2.45) is 5.10 Å². The topological polar surface area (TPSA) is 130 Å². The SMILES string of the molecule is COC(=O)C(C)n1cc(/C=C2\C(=O)N(c3ccc(C(=O)O)cc3)N=C2C)c2cc(NC(C)=O)ccc21. The molecule has 36 heavy (non-hydrogen) atoms. The molecule has 0 saturated carbocycles. The van der Waals surface area contributed by atoms with Crippen molar-refractivity contribution in [2.75, 3.05) is 17.4 Å². The van der Waals surface area contributed by atoms with Crippen molar-refractivity contribution in [3.8, 4) is 0 Å². The fourth-order valence-corrected chi connectivity index (χ4v) is 4.04. The molecule has 2 N–H and O–H groups in total. The molecule has 3 aromatic rings. The van der Waals surface area contributed by atoms with Gasteiger partial charge in [0.25, 0.3) is 5.91 Å². The minimum Gasteiger partial charge on any atom is -0.478 e. The van der Waals surface area contributed by atoms with Gasteiger partial charge in [0.2, 0.25) is 5.91 Å². The number of nitrogens with zero attached hydrogens (tertiary/aromatic N) is 3. The number of carbonyl (C=O) groups is 4. The maximum atomic E-state index is 13.3. The van der Waals surface area contributed by atoms with Crippen LogP contribution >= 0.6 is 0 Å². The first-order valence-electron chi connectivity index (χ1n) is 11.1. The number of benzene rings is 2. The molecule has 0 spiro atoms. The number of hydrogen-bond donors (Lipinski definition) is 2. The number of esters is 1. The maximum absolute atomic E-state index is 13.3. The second-order valence-corrected chi connectivity index (χ2v) is 8.32. The lowest BCUT2D eigenvalue weighted by Gasteiger charge is -2.13. The monoisotopic (exact) mass is 488 g/mol. The fourth-order valence-electron chi connectivity index (χ4n) is 4.04. The second kappa shape index (κ2) is 9.49. The number of carboxylic acids is 1. The van der Waals surface area contributed by atoms with Crippen LogP contribution < -0.4 is 10.3 Å². The number of amides is 2. The van der Waals surface area contributed by atoms with Gasteiger partial charge in [-0.3, -0.25) is 9.59 Å². The first kappa shape index (κ1) is 24.4. The average molecular weight is 489 g/mol. The summed E-state index contributed by atoms with van der Waals surface area (Å²) in [5.74, 6) is -2.10. The predicted molar refractivity (Wildman–Crippen MR) is 135 cm³/mol. The largest absolute Gasteiger partial charge is 0.478 e. The number of aromatic carboxylic acids is 1. The smallest absolute Gasteiger partial charge is 0.335 e. The third kappa shape index (κ3) is 4.48. The zero-order valence-electron chi connectivity index (χ0n) is 20.1. The van der Waals surface area contributed by atoms with E-state index in [9.17, 15) is 19.2 Å². The second-order valence-electron chi connectivity index (χ2n) is 8.32. The number of hydrogen-bond acceptors (Lipinski definition) is 6. The van der Waals surface area contributed by atoms with Crippen molar-refractivity contribution in [3.05, 3.63) is 65.4 Å². The summed E-state index contributed by atoms with van der Waals surface area (Å²) < 4.78 is 6.66. The van der Waals surface area contributed by atoms with Gasteiger partial charge in [0.15, 0.2) is 0 Å². The summed E-state index contributed by atoms with van der Waals surface area (Å²) in [7, 11) is 1.32. The van der Waals surface area contributed by atoms with Gasteiger partial charge in [-0.05, 0) is 62.4 Å². The Hall–Kier alpha value is -4.73. The van der Waals surface area contributed by atoms with E-state index in [4.69, 9.17) is 9.84 Å². The Kier molecular flexibility index (Phi) is 6.43. The third-order valence-corrected chi connectivity index (χ3v) is 5.87. The van der Waals surface area contributed by atoms with Crippen LogP contribution in [0.15, 0.2) is 59.3 Å². The van der Waals surface area contributed by atoms with E-state index in [1.807, 2.05) is 0 Å². The van der Waals surface area contributed by atoms with Crippen molar-refractivity contribution in [3.63, 3.8) is 0 Å². The molecule has 1 unspecified atom stereocenters. The number of aromatic nitrogens is 1. The Labute approximate surface area is 206 Å². The quantitative estimate of drug-likeness (QED) is 0.401. The molecule has 1 atom stereocenters. The minimum absolute atomic E-state index is 0.101. The van der Waals surface area contributed by atoms with E-state index in [1.165, 1.54) is 43.3 Å². The van der Waals surface area contributed by atoms with Crippen LogP contribution in [0.3, 0.4) is 0 Å². The predicted octanol–water partition coefficient (Wildman–Crippen LogP) is 3.84. The van der Waals surface area contributed by atoms with Crippen molar-refractivity contribution >= 4 is 57.8 Å². The van der Waals surface area contributed by atoms with Gasteiger partial charge in [-0.15, -0.1) is 0 Å². The Bertz CT molecular complexity index is 1470. The molecule has 0 aliphatic carbocycles. The first-order valence-corrected chi connectivity index (χ1v) is 11.1. The summed E-state index contributed by atoms with van der Waals surface area (Å²) in [6, 6.07) is 10.5. The van der Waals surface area contributed by atoms with Crippen LogP contribution in [-0.2, 0) is 19.1 Å². The number of anilines is 2. The third-order valence-electron chi connectivity index (χ3n) is 5.87. The Morgan fingerprint density at radius 1 is 1.14 bits per heavy atom. The van der Waals surface area contributed by atoms with Crippen LogP contribution in [-0.4, -0.2) is 46.2 Å². The van der Waals surface area contributed by atoms with Gasteiger partial charge < -0.3 is 19.7 Å². The van der Waals surface area contributed by atoms with Gasteiger partial charge in [-0.2, -0.15) is 10.1 Å². The number of carbonyl (C=O) groups excluding carboxylic acids is 3. The van der Waals surface area contributed by atoms with E-state index in [-0.39, 0.29) is 17.4 Å². The summed E-state index contributed by atoms with van der Waals surface area (Å²) in [5.41, 5.74) is 3.28. The van der Waals surface area contributed by atoms with Crippen LogP contribution in [0.5, 0.6) is 0 Å². The Morgan fingerprint density at radius 3 is 2.44 bits per heavy atom. The van der Waals surface area contributed by atoms with E-state index in [0.717, 1.165) is 10.9 Å². The molecule has 0 radical (unpaired) electrons. The van der Waals surface area contributed by atoms with Gasteiger partial charge in [0, 0.05) is 35.3 Å². The van der Waals surface area contributed by atoms with Gasteiger partial charge in [-0.1, -0.05) is 0 Å². The van der Waals surface area contributed by atoms with Crippen molar-refractivity contribution < 1.29 is 29.0 Å². The molecular formula is C26H24N4O6. The molecule has 2 aromatic carbocycles. The average Bonchev–Trinajstić information content (AvgIpc) is 3.35. The van der Waals surface area contributed by atoms with E-state index >= 15 is 0 Å². The van der Waals surface area contributed by atoms with Crippen LogP contribution in [0.4, 0.5) is 11.4 Å². The summed E-state index contributed by atoms with van der Waals surface area (Å²) in [5, 5.41) is 18.2. The molecule has 2 heterocycles. The van der Waals surface area contributed by atoms with Crippen LogP contribution in [0, 0.1) is 0 Å². The molecular weight excluding hydrogens is 464 g/mol. The lowest BCUT2D eigenvalue weighted by Crippen LogP contribution is -2.21. The molecule has 1 aromatic heterocycles. The summed E-state index contributed by atoms with van der Waals surface area (Å²) in [4.78, 5) is 48.2.